The lowest BCUT2D eigenvalue weighted by atomic mass is 10.2. The number of carbonyl (C=O) groups is 1. The van der Waals surface area contributed by atoms with E-state index in [4.69, 9.17) is 5.73 Å². The molecule has 15 heavy (non-hydrogen) atoms. The van der Waals surface area contributed by atoms with Gasteiger partial charge in [0.15, 0.2) is 0 Å². The number of nitrogens with two attached hydrogens (primary N) is 1. The van der Waals surface area contributed by atoms with E-state index >= 15 is 0 Å². The lowest BCUT2D eigenvalue weighted by Gasteiger charge is -2.06. The zero-order chi connectivity index (χ0) is 11.1. The van der Waals surface area contributed by atoms with Crippen LogP contribution in [0.5, 0.6) is 0 Å². The molecule has 1 rings (SSSR count). The molecule has 0 unspecified atom stereocenters. The Morgan fingerprint density at radius 1 is 1.53 bits per heavy atom. The quantitative estimate of drug-likeness (QED) is 0.583. The van der Waals surface area contributed by atoms with Crippen molar-refractivity contribution in [3.8, 4) is 0 Å². The third kappa shape index (κ3) is 3.95. The van der Waals surface area contributed by atoms with Gasteiger partial charge in [-0.2, -0.15) is 0 Å². The zero-order valence-corrected chi connectivity index (χ0v) is 8.79. The molecule has 0 aromatic carbocycles. The molecule has 0 aliphatic heterocycles. The Morgan fingerprint density at radius 2 is 2.33 bits per heavy atom. The summed E-state index contributed by atoms with van der Waals surface area (Å²) in [4.78, 5) is 15.0. The summed E-state index contributed by atoms with van der Waals surface area (Å²) in [6.07, 6.45) is 1.57. The molecule has 82 valence electrons. The van der Waals surface area contributed by atoms with E-state index in [2.05, 4.69) is 15.6 Å². The first-order valence-corrected chi connectivity index (χ1v) is 4.94. The maximum Gasteiger partial charge on any atom is 0.248 e. The number of nitrogens with zero attached hydrogens (tertiary/aromatic N) is 1. The van der Waals surface area contributed by atoms with Gasteiger partial charge in [-0.1, -0.05) is 6.92 Å². The maximum absolute atomic E-state index is 10.9. The molecule has 0 saturated carbocycles. The van der Waals surface area contributed by atoms with Crippen LogP contribution in [0.3, 0.4) is 0 Å². The Kier molecular flexibility index (Phi) is 4.56. The first kappa shape index (κ1) is 11.5. The van der Waals surface area contributed by atoms with Crippen LogP contribution in [0.4, 0.5) is 5.82 Å². The molecule has 1 aromatic heterocycles. The van der Waals surface area contributed by atoms with E-state index in [1.54, 1.807) is 18.3 Å². The Morgan fingerprint density at radius 3 is 3.00 bits per heavy atom. The van der Waals surface area contributed by atoms with Crippen LogP contribution < -0.4 is 16.4 Å². The van der Waals surface area contributed by atoms with Crippen molar-refractivity contribution in [2.75, 3.05) is 25.0 Å². The topological polar surface area (TPSA) is 80.0 Å². The van der Waals surface area contributed by atoms with Crippen molar-refractivity contribution >= 4 is 11.7 Å². The third-order valence-electron chi connectivity index (χ3n) is 1.90. The first-order chi connectivity index (χ1) is 7.24. The van der Waals surface area contributed by atoms with Crippen molar-refractivity contribution < 1.29 is 4.79 Å². The van der Waals surface area contributed by atoms with Gasteiger partial charge in [0, 0.05) is 24.8 Å². The largest absolute Gasteiger partial charge is 0.369 e. The van der Waals surface area contributed by atoms with Gasteiger partial charge in [-0.15, -0.1) is 0 Å². The minimum atomic E-state index is -0.438. The molecule has 5 heteroatoms. The number of rotatable bonds is 6. The van der Waals surface area contributed by atoms with Gasteiger partial charge in [-0.05, 0) is 18.7 Å². The molecule has 1 amide bonds. The molecule has 1 aromatic rings. The Labute approximate surface area is 89.1 Å². The molecule has 4 N–H and O–H groups in total. The smallest absolute Gasteiger partial charge is 0.248 e. The molecule has 0 aliphatic rings. The highest BCUT2D eigenvalue weighted by Crippen LogP contribution is 2.05. The summed E-state index contributed by atoms with van der Waals surface area (Å²) in [5.74, 6) is 0.233. The minimum absolute atomic E-state index is 0.438. The standard InChI is InChI=1S/C10H16N4O/c1-2-12-5-6-14-9-7-8(10(11)15)3-4-13-9/h3-4,7,12H,2,5-6H2,1H3,(H2,11,15)(H,13,14). The van der Waals surface area contributed by atoms with Gasteiger partial charge in [-0.25, -0.2) is 4.98 Å². The van der Waals surface area contributed by atoms with Crippen molar-refractivity contribution in [1.29, 1.82) is 0 Å². The fourth-order valence-electron chi connectivity index (χ4n) is 1.14. The monoisotopic (exact) mass is 208 g/mol. The van der Waals surface area contributed by atoms with Crippen LogP contribution in [0.2, 0.25) is 0 Å². The number of hydrogen-bond acceptors (Lipinski definition) is 4. The van der Waals surface area contributed by atoms with Gasteiger partial charge < -0.3 is 16.4 Å². The van der Waals surface area contributed by atoms with Crippen molar-refractivity contribution in [3.05, 3.63) is 23.9 Å². The minimum Gasteiger partial charge on any atom is -0.369 e. The number of anilines is 1. The molecule has 1 heterocycles. The predicted molar refractivity (Wildman–Crippen MR) is 59.8 cm³/mol. The fraction of sp³-hybridized carbons (Fsp3) is 0.400. The van der Waals surface area contributed by atoms with E-state index < -0.39 is 5.91 Å². The van der Waals surface area contributed by atoms with E-state index in [1.165, 1.54) is 0 Å². The van der Waals surface area contributed by atoms with Gasteiger partial charge in [-0.3, -0.25) is 4.79 Å². The van der Waals surface area contributed by atoms with Gasteiger partial charge >= 0.3 is 0 Å². The van der Waals surface area contributed by atoms with Crippen LogP contribution in [-0.4, -0.2) is 30.5 Å². The number of aromatic nitrogens is 1. The van der Waals surface area contributed by atoms with Crippen LogP contribution >= 0.6 is 0 Å². The summed E-state index contributed by atoms with van der Waals surface area (Å²) in [5, 5.41) is 6.27. The molecule has 0 bridgehead atoms. The lowest BCUT2D eigenvalue weighted by molar-refractivity contribution is 0.1000. The second-order valence-electron chi connectivity index (χ2n) is 3.07. The van der Waals surface area contributed by atoms with Crippen LogP contribution in [0.1, 0.15) is 17.3 Å². The van der Waals surface area contributed by atoms with E-state index in [-0.39, 0.29) is 0 Å². The van der Waals surface area contributed by atoms with E-state index in [9.17, 15) is 4.79 Å². The molecule has 0 aliphatic carbocycles. The van der Waals surface area contributed by atoms with Crippen LogP contribution in [0.15, 0.2) is 18.3 Å². The Bertz CT molecular complexity index is 327. The highest BCUT2D eigenvalue weighted by atomic mass is 16.1. The van der Waals surface area contributed by atoms with Gasteiger partial charge in [0.1, 0.15) is 5.82 Å². The zero-order valence-electron chi connectivity index (χ0n) is 8.79. The molecule has 0 fully saturated rings. The normalized spacial score (nSPS) is 9.93. The molecule has 0 spiro atoms. The molecule has 5 nitrogen and oxygen atoms in total. The number of amides is 1. The van der Waals surface area contributed by atoms with Crippen LogP contribution in [-0.2, 0) is 0 Å². The van der Waals surface area contributed by atoms with Crippen molar-refractivity contribution in [1.82, 2.24) is 10.3 Å². The molecule has 0 saturated heterocycles. The summed E-state index contributed by atoms with van der Waals surface area (Å²) in [7, 11) is 0. The average Bonchev–Trinajstić information content (AvgIpc) is 2.25. The second kappa shape index (κ2) is 5.98. The van der Waals surface area contributed by atoms with Gasteiger partial charge in [0.2, 0.25) is 5.91 Å². The SMILES string of the molecule is CCNCCNc1cc(C(N)=O)ccn1. The highest BCUT2D eigenvalue weighted by molar-refractivity contribution is 5.93. The number of carbonyl (C=O) groups excluding carboxylic acids is 1. The molecule has 0 radical (unpaired) electrons. The van der Waals surface area contributed by atoms with E-state index in [0.717, 1.165) is 19.6 Å². The second-order valence-corrected chi connectivity index (χ2v) is 3.07. The molecular weight excluding hydrogens is 192 g/mol. The Hall–Kier alpha value is -1.62. The van der Waals surface area contributed by atoms with E-state index in [1.807, 2.05) is 6.92 Å². The van der Waals surface area contributed by atoms with Crippen molar-refractivity contribution in [3.63, 3.8) is 0 Å². The lowest BCUT2D eigenvalue weighted by Crippen LogP contribution is -2.22. The fourth-order valence-corrected chi connectivity index (χ4v) is 1.14. The number of hydrogen-bond donors (Lipinski definition) is 3. The molecule has 0 atom stereocenters. The Balaban J connectivity index is 2.47. The third-order valence-corrected chi connectivity index (χ3v) is 1.90. The number of likely N-dealkylation sites (N-methyl/N-ethyl adjacent to an activating group) is 1. The summed E-state index contributed by atoms with van der Waals surface area (Å²) < 4.78 is 0. The summed E-state index contributed by atoms with van der Waals surface area (Å²) in [6.45, 7) is 4.62. The first-order valence-electron chi connectivity index (χ1n) is 4.94. The number of nitrogens with one attached hydrogen (secondary N) is 2. The summed E-state index contributed by atoms with van der Waals surface area (Å²) in [6, 6.07) is 3.24. The van der Waals surface area contributed by atoms with Crippen LogP contribution in [0.25, 0.3) is 0 Å². The number of primary amides is 1. The summed E-state index contributed by atoms with van der Waals surface area (Å²) >= 11 is 0. The number of pyridine rings is 1. The van der Waals surface area contributed by atoms with E-state index in [0.29, 0.717) is 11.4 Å². The predicted octanol–water partition coefficient (Wildman–Crippen LogP) is 0.202. The van der Waals surface area contributed by atoms with Crippen LogP contribution in [0, 0.1) is 0 Å². The maximum atomic E-state index is 10.9. The van der Waals surface area contributed by atoms with Gasteiger partial charge in [0.25, 0.3) is 0 Å². The molecular formula is C10H16N4O. The highest BCUT2D eigenvalue weighted by Gasteiger charge is 2.01. The average molecular weight is 208 g/mol. The van der Waals surface area contributed by atoms with Crippen molar-refractivity contribution in [2.45, 2.75) is 6.92 Å². The van der Waals surface area contributed by atoms with Gasteiger partial charge in [0.05, 0.1) is 0 Å². The van der Waals surface area contributed by atoms with Crippen molar-refractivity contribution in [2.24, 2.45) is 5.73 Å². The summed E-state index contributed by atoms with van der Waals surface area (Å²) in [5.41, 5.74) is 5.62.